The van der Waals surface area contributed by atoms with Crippen molar-refractivity contribution in [2.24, 2.45) is 0 Å². The van der Waals surface area contributed by atoms with E-state index < -0.39 is 0 Å². The molecule has 26 heavy (non-hydrogen) atoms. The lowest BCUT2D eigenvalue weighted by Crippen LogP contribution is -2.42. The summed E-state index contributed by atoms with van der Waals surface area (Å²) < 4.78 is 24.5. The Kier molecular flexibility index (Phi) is 6.61. The number of hydrogen-bond donors (Lipinski definition) is 1. The number of morpholine rings is 1. The van der Waals surface area contributed by atoms with Gasteiger partial charge in [0.25, 0.3) is 0 Å². The first-order valence-electron chi connectivity index (χ1n) is 9.09. The van der Waals surface area contributed by atoms with Crippen molar-refractivity contribution in [2.45, 2.75) is 19.5 Å². The minimum atomic E-state index is -0.188. The molecule has 1 saturated heterocycles. The van der Waals surface area contributed by atoms with Crippen LogP contribution in [0.25, 0.3) is 0 Å². The fourth-order valence-electron chi connectivity index (χ4n) is 3.46. The number of ether oxygens (including phenoxy) is 2. The van der Waals surface area contributed by atoms with E-state index in [-0.39, 0.29) is 11.9 Å². The molecular weight excluding hydrogens is 331 g/mol. The average molecular weight is 358 g/mol. The standard InChI is InChI=1S/C21H27FN2O2/c1-16-12-17(6-7-21(16)25-2)14-23-15-20(24-8-10-26-11-9-24)18-4-3-5-19(22)13-18/h3-7,12-13,20,23H,8-11,14-15H2,1-2H3. The van der Waals surface area contributed by atoms with Crippen molar-refractivity contribution in [1.82, 2.24) is 10.2 Å². The van der Waals surface area contributed by atoms with Gasteiger partial charge in [-0.3, -0.25) is 4.90 Å². The summed E-state index contributed by atoms with van der Waals surface area (Å²) in [4.78, 5) is 2.37. The Labute approximate surface area is 154 Å². The molecule has 5 heteroatoms. The third kappa shape index (κ3) is 4.81. The van der Waals surface area contributed by atoms with Crippen LogP contribution in [0, 0.1) is 12.7 Å². The highest BCUT2D eigenvalue weighted by molar-refractivity contribution is 5.36. The van der Waals surface area contributed by atoms with Crippen LogP contribution in [-0.2, 0) is 11.3 Å². The highest BCUT2D eigenvalue weighted by Crippen LogP contribution is 2.23. The smallest absolute Gasteiger partial charge is 0.123 e. The maximum absolute atomic E-state index is 13.7. The summed E-state index contributed by atoms with van der Waals surface area (Å²) >= 11 is 0. The molecule has 0 amide bonds. The molecule has 1 N–H and O–H groups in total. The number of rotatable bonds is 7. The third-order valence-electron chi connectivity index (χ3n) is 4.85. The fourth-order valence-corrected chi connectivity index (χ4v) is 3.46. The van der Waals surface area contributed by atoms with E-state index in [1.807, 2.05) is 19.1 Å². The van der Waals surface area contributed by atoms with Crippen LogP contribution in [-0.4, -0.2) is 44.9 Å². The molecule has 2 aromatic carbocycles. The van der Waals surface area contributed by atoms with Gasteiger partial charge in [0.05, 0.1) is 20.3 Å². The van der Waals surface area contributed by atoms with E-state index in [2.05, 4.69) is 22.3 Å². The maximum Gasteiger partial charge on any atom is 0.123 e. The maximum atomic E-state index is 13.7. The molecule has 1 fully saturated rings. The molecule has 1 atom stereocenters. The monoisotopic (exact) mass is 358 g/mol. The molecule has 0 spiro atoms. The molecule has 1 heterocycles. The molecule has 0 bridgehead atoms. The van der Waals surface area contributed by atoms with Gasteiger partial charge in [0.15, 0.2) is 0 Å². The van der Waals surface area contributed by atoms with E-state index in [1.54, 1.807) is 19.2 Å². The summed E-state index contributed by atoms with van der Waals surface area (Å²) in [6.45, 7) is 6.75. The molecule has 3 rings (SSSR count). The molecule has 0 radical (unpaired) electrons. The lowest BCUT2D eigenvalue weighted by atomic mass is 10.0. The summed E-state index contributed by atoms with van der Waals surface area (Å²) in [7, 11) is 1.69. The van der Waals surface area contributed by atoms with Crippen LogP contribution >= 0.6 is 0 Å². The molecule has 0 aromatic heterocycles. The zero-order chi connectivity index (χ0) is 18.4. The lowest BCUT2D eigenvalue weighted by Gasteiger charge is -2.35. The molecule has 1 aliphatic heterocycles. The Morgan fingerprint density at radius 1 is 1.19 bits per heavy atom. The van der Waals surface area contributed by atoms with E-state index in [1.165, 1.54) is 11.6 Å². The molecule has 2 aromatic rings. The summed E-state index contributed by atoms with van der Waals surface area (Å²) in [6.07, 6.45) is 0. The number of halogens is 1. The summed E-state index contributed by atoms with van der Waals surface area (Å²) in [6, 6.07) is 13.3. The second kappa shape index (κ2) is 9.12. The predicted molar refractivity (Wildman–Crippen MR) is 101 cm³/mol. The Morgan fingerprint density at radius 2 is 2.00 bits per heavy atom. The van der Waals surface area contributed by atoms with Crippen LogP contribution in [0.3, 0.4) is 0 Å². The van der Waals surface area contributed by atoms with Gasteiger partial charge in [0, 0.05) is 32.2 Å². The molecule has 1 aliphatic rings. The highest BCUT2D eigenvalue weighted by atomic mass is 19.1. The molecule has 0 saturated carbocycles. The second-order valence-electron chi connectivity index (χ2n) is 6.65. The van der Waals surface area contributed by atoms with Gasteiger partial charge in [0.2, 0.25) is 0 Å². The first-order chi connectivity index (χ1) is 12.7. The van der Waals surface area contributed by atoms with Crippen LogP contribution in [0.1, 0.15) is 22.7 Å². The minimum absolute atomic E-state index is 0.133. The largest absolute Gasteiger partial charge is 0.496 e. The normalized spacial score (nSPS) is 16.4. The van der Waals surface area contributed by atoms with Crippen LogP contribution in [0.5, 0.6) is 5.75 Å². The van der Waals surface area contributed by atoms with Crippen molar-refractivity contribution in [1.29, 1.82) is 0 Å². The van der Waals surface area contributed by atoms with Crippen molar-refractivity contribution in [3.8, 4) is 5.75 Å². The van der Waals surface area contributed by atoms with E-state index in [4.69, 9.17) is 9.47 Å². The fraction of sp³-hybridized carbons (Fsp3) is 0.429. The summed E-state index contributed by atoms with van der Waals surface area (Å²) in [5.74, 6) is 0.714. The van der Waals surface area contributed by atoms with Crippen molar-refractivity contribution >= 4 is 0 Å². The number of nitrogens with zero attached hydrogens (tertiary/aromatic N) is 1. The van der Waals surface area contributed by atoms with Crippen LogP contribution in [0.2, 0.25) is 0 Å². The molecule has 4 nitrogen and oxygen atoms in total. The van der Waals surface area contributed by atoms with Gasteiger partial charge in [-0.25, -0.2) is 4.39 Å². The summed E-state index contributed by atoms with van der Waals surface area (Å²) in [5.41, 5.74) is 3.34. The van der Waals surface area contributed by atoms with Gasteiger partial charge in [0.1, 0.15) is 11.6 Å². The van der Waals surface area contributed by atoms with Gasteiger partial charge in [-0.15, -0.1) is 0 Å². The Hall–Kier alpha value is -1.95. The minimum Gasteiger partial charge on any atom is -0.496 e. The zero-order valence-corrected chi connectivity index (χ0v) is 15.5. The van der Waals surface area contributed by atoms with E-state index in [9.17, 15) is 4.39 Å². The van der Waals surface area contributed by atoms with Gasteiger partial charge in [-0.1, -0.05) is 24.3 Å². The Balaban J connectivity index is 1.66. The quantitative estimate of drug-likeness (QED) is 0.823. The van der Waals surface area contributed by atoms with Crippen molar-refractivity contribution in [3.63, 3.8) is 0 Å². The topological polar surface area (TPSA) is 33.7 Å². The first-order valence-corrected chi connectivity index (χ1v) is 9.09. The van der Waals surface area contributed by atoms with Gasteiger partial charge >= 0.3 is 0 Å². The number of methoxy groups -OCH3 is 1. The first kappa shape index (κ1) is 18.8. The highest BCUT2D eigenvalue weighted by Gasteiger charge is 2.22. The van der Waals surface area contributed by atoms with Crippen molar-refractivity contribution in [3.05, 3.63) is 65.0 Å². The molecule has 0 aliphatic carbocycles. The average Bonchev–Trinajstić information content (AvgIpc) is 2.66. The second-order valence-corrected chi connectivity index (χ2v) is 6.65. The van der Waals surface area contributed by atoms with Gasteiger partial charge in [-0.05, 0) is 41.8 Å². The van der Waals surface area contributed by atoms with Crippen molar-refractivity contribution < 1.29 is 13.9 Å². The van der Waals surface area contributed by atoms with Crippen LogP contribution < -0.4 is 10.1 Å². The van der Waals surface area contributed by atoms with E-state index in [0.717, 1.165) is 56.3 Å². The Bertz CT molecular complexity index is 717. The number of benzene rings is 2. The van der Waals surface area contributed by atoms with Crippen LogP contribution in [0.4, 0.5) is 4.39 Å². The molecule has 1 unspecified atom stereocenters. The third-order valence-corrected chi connectivity index (χ3v) is 4.85. The van der Waals surface area contributed by atoms with Crippen molar-refractivity contribution in [2.75, 3.05) is 40.0 Å². The van der Waals surface area contributed by atoms with Crippen LogP contribution in [0.15, 0.2) is 42.5 Å². The van der Waals surface area contributed by atoms with Gasteiger partial charge < -0.3 is 14.8 Å². The predicted octanol–water partition coefficient (Wildman–Crippen LogP) is 3.31. The number of aryl methyl sites for hydroxylation is 1. The molecule has 140 valence electrons. The number of hydrogen-bond acceptors (Lipinski definition) is 4. The van der Waals surface area contributed by atoms with E-state index >= 15 is 0 Å². The van der Waals surface area contributed by atoms with Gasteiger partial charge in [-0.2, -0.15) is 0 Å². The number of nitrogens with one attached hydrogen (secondary N) is 1. The molecular formula is C21H27FN2O2. The Morgan fingerprint density at radius 3 is 2.69 bits per heavy atom. The zero-order valence-electron chi connectivity index (χ0n) is 15.5. The SMILES string of the molecule is COc1ccc(CNCC(c2cccc(F)c2)N2CCOCC2)cc1C. The lowest BCUT2D eigenvalue weighted by molar-refractivity contribution is 0.0160. The summed E-state index contributed by atoms with van der Waals surface area (Å²) in [5, 5.41) is 3.54. The van der Waals surface area contributed by atoms with E-state index in [0.29, 0.717) is 0 Å².